The van der Waals surface area contributed by atoms with Gasteiger partial charge in [-0.1, -0.05) is 36.4 Å². The van der Waals surface area contributed by atoms with E-state index < -0.39 is 17.7 Å². The molecule has 1 N–H and O–H groups in total. The van der Waals surface area contributed by atoms with E-state index in [1.807, 2.05) is 0 Å². The van der Waals surface area contributed by atoms with Crippen LogP contribution < -0.4 is 19.1 Å². The lowest BCUT2D eigenvalue weighted by atomic mass is 9.94. The SMILES string of the molecule is COc1cccc(N2C(=O)C(=O)/C(=C(/O)c3ccccc3)[C@@H]2c2ccc(OC)cc2OC)c1. The van der Waals surface area contributed by atoms with Crippen molar-refractivity contribution in [3.05, 3.63) is 89.5 Å². The van der Waals surface area contributed by atoms with Gasteiger partial charge in [-0.3, -0.25) is 14.5 Å². The first kappa shape index (κ1) is 22.0. The van der Waals surface area contributed by atoms with Gasteiger partial charge in [0.1, 0.15) is 23.0 Å². The molecular weight excluding hydrogens is 422 g/mol. The molecule has 7 heteroatoms. The first-order valence-corrected chi connectivity index (χ1v) is 10.2. The third-order valence-corrected chi connectivity index (χ3v) is 5.56. The molecule has 0 bridgehead atoms. The second kappa shape index (κ2) is 9.08. The number of benzene rings is 3. The Morgan fingerprint density at radius 3 is 2.18 bits per heavy atom. The average Bonchev–Trinajstić information content (AvgIpc) is 3.13. The number of anilines is 1. The van der Waals surface area contributed by atoms with Crippen molar-refractivity contribution < 1.29 is 28.9 Å². The molecule has 1 aliphatic heterocycles. The molecular formula is C26H23NO6. The van der Waals surface area contributed by atoms with Gasteiger partial charge < -0.3 is 19.3 Å². The van der Waals surface area contributed by atoms with Crippen molar-refractivity contribution in [3.63, 3.8) is 0 Å². The van der Waals surface area contributed by atoms with Gasteiger partial charge in [0.25, 0.3) is 11.7 Å². The lowest BCUT2D eigenvalue weighted by Gasteiger charge is -2.27. The van der Waals surface area contributed by atoms with E-state index >= 15 is 0 Å². The van der Waals surface area contributed by atoms with Crippen LogP contribution in [-0.4, -0.2) is 38.1 Å². The Kier molecular flexibility index (Phi) is 6.04. The van der Waals surface area contributed by atoms with Crippen LogP contribution in [0.1, 0.15) is 17.2 Å². The summed E-state index contributed by atoms with van der Waals surface area (Å²) in [6.07, 6.45) is 0. The van der Waals surface area contributed by atoms with Crippen molar-refractivity contribution >= 4 is 23.1 Å². The second-order valence-corrected chi connectivity index (χ2v) is 7.34. The number of hydrogen-bond donors (Lipinski definition) is 1. The zero-order valence-corrected chi connectivity index (χ0v) is 18.4. The van der Waals surface area contributed by atoms with Crippen molar-refractivity contribution in [3.8, 4) is 17.2 Å². The maximum Gasteiger partial charge on any atom is 0.300 e. The topological polar surface area (TPSA) is 85.3 Å². The highest BCUT2D eigenvalue weighted by Gasteiger charge is 2.48. The van der Waals surface area contributed by atoms with Crippen LogP contribution in [0.5, 0.6) is 17.2 Å². The minimum Gasteiger partial charge on any atom is -0.507 e. The molecule has 1 atom stereocenters. The summed E-state index contributed by atoms with van der Waals surface area (Å²) in [5.41, 5.74) is 1.38. The molecule has 33 heavy (non-hydrogen) atoms. The molecule has 1 heterocycles. The molecule has 4 rings (SSSR count). The molecule has 0 saturated carbocycles. The number of methoxy groups -OCH3 is 3. The van der Waals surface area contributed by atoms with Crippen LogP contribution in [0.4, 0.5) is 5.69 Å². The molecule has 0 radical (unpaired) electrons. The summed E-state index contributed by atoms with van der Waals surface area (Å²) < 4.78 is 16.2. The Morgan fingerprint density at radius 2 is 1.52 bits per heavy atom. The molecule has 1 amide bonds. The number of amides is 1. The minimum absolute atomic E-state index is 0.0301. The predicted molar refractivity (Wildman–Crippen MR) is 124 cm³/mol. The Bertz CT molecular complexity index is 1230. The van der Waals surface area contributed by atoms with Gasteiger partial charge >= 0.3 is 0 Å². The average molecular weight is 445 g/mol. The Labute approximate surface area is 191 Å². The van der Waals surface area contributed by atoms with Crippen LogP contribution in [0.3, 0.4) is 0 Å². The number of aliphatic hydroxyl groups is 1. The van der Waals surface area contributed by atoms with E-state index in [0.717, 1.165) is 0 Å². The summed E-state index contributed by atoms with van der Waals surface area (Å²) in [5, 5.41) is 11.2. The van der Waals surface area contributed by atoms with E-state index in [4.69, 9.17) is 14.2 Å². The van der Waals surface area contributed by atoms with Crippen LogP contribution >= 0.6 is 0 Å². The molecule has 0 unspecified atom stereocenters. The number of carbonyl (C=O) groups excluding carboxylic acids is 2. The fraction of sp³-hybridized carbons (Fsp3) is 0.154. The molecule has 168 valence electrons. The largest absolute Gasteiger partial charge is 0.507 e. The first-order chi connectivity index (χ1) is 16.0. The van der Waals surface area contributed by atoms with Crippen molar-refractivity contribution in [1.82, 2.24) is 0 Å². The zero-order valence-electron chi connectivity index (χ0n) is 18.4. The van der Waals surface area contributed by atoms with Gasteiger partial charge in [-0.2, -0.15) is 0 Å². The molecule has 1 saturated heterocycles. The van der Waals surface area contributed by atoms with Gasteiger partial charge in [-0.05, 0) is 24.3 Å². The number of aliphatic hydroxyl groups excluding tert-OH is 1. The Morgan fingerprint density at radius 1 is 0.818 bits per heavy atom. The summed E-state index contributed by atoms with van der Waals surface area (Å²) in [6, 6.07) is 19.7. The Hall–Kier alpha value is -4.26. The summed E-state index contributed by atoms with van der Waals surface area (Å²) in [7, 11) is 4.55. The maximum atomic E-state index is 13.3. The predicted octanol–water partition coefficient (Wildman–Crippen LogP) is 4.34. The number of rotatable bonds is 6. The van der Waals surface area contributed by atoms with Gasteiger partial charge in [0.05, 0.1) is 32.9 Å². The summed E-state index contributed by atoms with van der Waals surface area (Å²) in [6.45, 7) is 0. The molecule has 0 aliphatic carbocycles. The van der Waals surface area contributed by atoms with Crippen LogP contribution in [0.2, 0.25) is 0 Å². The summed E-state index contributed by atoms with van der Waals surface area (Å²) in [4.78, 5) is 27.9. The van der Waals surface area contributed by atoms with E-state index in [1.165, 1.54) is 26.2 Å². The van der Waals surface area contributed by atoms with E-state index in [-0.39, 0.29) is 11.3 Å². The van der Waals surface area contributed by atoms with Gasteiger partial charge in [-0.25, -0.2) is 0 Å². The molecule has 3 aromatic rings. The normalized spacial score (nSPS) is 17.2. The fourth-order valence-electron chi connectivity index (χ4n) is 3.95. The lowest BCUT2D eigenvalue weighted by molar-refractivity contribution is -0.132. The standard InChI is InChI=1S/C26H23NO6/c1-31-18-11-7-10-17(14-18)27-23(20-13-12-19(32-2)15-21(20)33-3)22(25(29)26(27)30)24(28)16-8-5-4-6-9-16/h4-15,23,28H,1-3H3/b24-22+/t23-/m0/s1. The van der Waals surface area contributed by atoms with E-state index in [2.05, 4.69) is 0 Å². The smallest absolute Gasteiger partial charge is 0.300 e. The number of ketones is 1. The van der Waals surface area contributed by atoms with Gasteiger partial charge in [-0.15, -0.1) is 0 Å². The summed E-state index contributed by atoms with van der Waals surface area (Å²) >= 11 is 0. The highest BCUT2D eigenvalue weighted by molar-refractivity contribution is 6.51. The lowest BCUT2D eigenvalue weighted by Crippen LogP contribution is -2.29. The van der Waals surface area contributed by atoms with E-state index in [9.17, 15) is 14.7 Å². The molecule has 0 aromatic heterocycles. The van der Waals surface area contributed by atoms with E-state index in [0.29, 0.717) is 34.1 Å². The summed E-state index contributed by atoms with van der Waals surface area (Å²) in [5.74, 6) is -0.323. The third kappa shape index (κ3) is 3.89. The number of Topliss-reactive ketones (excluding diaryl/α,β-unsaturated/α-hetero) is 1. The van der Waals surface area contributed by atoms with E-state index in [1.54, 1.807) is 72.8 Å². The van der Waals surface area contributed by atoms with Gasteiger partial charge in [0, 0.05) is 28.9 Å². The quantitative estimate of drug-likeness (QED) is 0.345. The Balaban J connectivity index is 1.99. The van der Waals surface area contributed by atoms with Crippen molar-refractivity contribution in [1.29, 1.82) is 0 Å². The zero-order chi connectivity index (χ0) is 23.5. The third-order valence-electron chi connectivity index (χ3n) is 5.56. The highest BCUT2D eigenvalue weighted by atomic mass is 16.5. The van der Waals surface area contributed by atoms with Crippen molar-refractivity contribution in [2.24, 2.45) is 0 Å². The van der Waals surface area contributed by atoms with Gasteiger partial charge in [0.2, 0.25) is 0 Å². The molecule has 0 spiro atoms. The number of carbonyl (C=O) groups is 2. The van der Waals surface area contributed by atoms with Crippen LogP contribution in [0, 0.1) is 0 Å². The molecule has 1 aliphatic rings. The monoisotopic (exact) mass is 445 g/mol. The van der Waals surface area contributed by atoms with Crippen molar-refractivity contribution in [2.45, 2.75) is 6.04 Å². The van der Waals surface area contributed by atoms with Crippen LogP contribution in [0.25, 0.3) is 5.76 Å². The molecule has 1 fully saturated rings. The number of ether oxygens (including phenoxy) is 3. The van der Waals surface area contributed by atoms with Crippen molar-refractivity contribution in [2.75, 3.05) is 26.2 Å². The number of hydrogen-bond acceptors (Lipinski definition) is 6. The first-order valence-electron chi connectivity index (χ1n) is 10.2. The maximum absolute atomic E-state index is 13.3. The van der Waals surface area contributed by atoms with Crippen LogP contribution in [0.15, 0.2) is 78.4 Å². The number of nitrogens with zero attached hydrogens (tertiary/aromatic N) is 1. The van der Waals surface area contributed by atoms with Gasteiger partial charge in [0.15, 0.2) is 0 Å². The van der Waals surface area contributed by atoms with Crippen LogP contribution in [-0.2, 0) is 9.59 Å². The fourth-order valence-corrected chi connectivity index (χ4v) is 3.95. The minimum atomic E-state index is -0.932. The highest BCUT2D eigenvalue weighted by Crippen LogP contribution is 2.46. The second-order valence-electron chi connectivity index (χ2n) is 7.34. The molecule has 7 nitrogen and oxygen atoms in total. The molecule has 3 aromatic carbocycles.